The predicted octanol–water partition coefficient (Wildman–Crippen LogP) is 4.10. The van der Waals surface area contributed by atoms with E-state index < -0.39 is 24.8 Å². The van der Waals surface area contributed by atoms with Gasteiger partial charge < -0.3 is 19.2 Å². The third kappa shape index (κ3) is 4.79. The minimum atomic E-state index is -2.02. The molecule has 1 aromatic carbocycles. The number of carbonyl (C=O) groups excluding carboxylic acids is 1. The van der Waals surface area contributed by atoms with Crippen molar-refractivity contribution in [1.29, 1.82) is 0 Å². The highest BCUT2D eigenvalue weighted by atomic mass is 28.4. The van der Waals surface area contributed by atoms with Crippen molar-refractivity contribution in [3.05, 3.63) is 40.0 Å². The lowest BCUT2D eigenvalue weighted by Crippen LogP contribution is -2.46. The van der Waals surface area contributed by atoms with Gasteiger partial charge in [0.05, 0.1) is 30.7 Å². The number of rotatable bonds is 6. The molecule has 1 aliphatic rings. The first kappa shape index (κ1) is 22.9. The molecule has 8 nitrogen and oxygen atoms in total. The van der Waals surface area contributed by atoms with Gasteiger partial charge in [0.25, 0.3) is 11.6 Å². The van der Waals surface area contributed by atoms with Crippen LogP contribution < -0.4 is 4.74 Å². The number of carbonyl (C=O) groups is 1. The second-order valence-corrected chi connectivity index (χ2v) is 13.7. The number of methoxy groups -OCH3 is 1. The number of ether oxygens (including phenoxy) is 1. The second kappa shape index (κ2) is 8.15. The van der Waals surface area contributed by atoms with Crippen LogP contribution in [0.4, 0.5) is 5.69 Å². The maximum atomic E-state index is 13.2. The van der Waals surface area contributed by atoms with Gasteiger partial charge in [-0.05, 0) is 24.6 Å². The van der Waals surface area contributed by atoms with E-state index in [0.29, 0.717) is 19.6 Å². The molecule has 0 saturated carbocycles. The molecule has 1 fully saturated rings. The smallest absolute Gasteiger partial charge is 0.286 e. The number of likely N-dealkylation sites (tertiary alicyclic amines) is 1. The molecule has 0 aliphatic carbocycles. The Morgan fingerprint density at radius 2 is 2.03 bits per heavy atom. The molecule has 0 aromatic heterocycles. The number of amides is 1. The number of aromatic hydroxyl groups is 1. The molecule has 1 heterocycles. The average molecular weight is 423 g/mol. The molecule has 1 aromatic rings. The van der Waals surface area contributed by atoms with Crippen LogP contribution in [0.3, 0.4) is 0 Å². The number of nitro benzene ring substituents is 1. The SMILES string of the molecule is C=C1C[C@@H](CO[Si](C)(C)C(C)(C)C)N(C(=O)c2cc(OC)c(O)cc2[N+](=O)[O-])C1. The van der Waals surface area contributed by atoms with E-state index in [1.807, 2.05) is 0 Å². The third-order valence-corrected chi connectivity index (χ3v) is 10.3. The molecule has 0 radical (unpaired) electrons. The van der Waals surface area contributed by atoms with E-state index >= 15 is 0 Å². The van der Waals surface area contributed by atoms with E-state index in [9.17, 15) is 20.0 Å². The van der Waals surface area contributed by atoms with Crippen LogP contribution in [-0.2, 0) is 4.43 Å². The van der Waals surface area contributed by atoms with E-state index in [2.05, 4.69) is 40.4 Å². The van der Waals surface area contributed by atoms with Gasteiger partial charge in [-0.3, -0.25) is 14.9 Å². The minimum Gasteiger partial charge on any atom is -0.504 e. The number of phenolic OH excluding ortho intramolecular Hbond substituents is 1. The molecule has 0 spiro atoms. The Hall–Kier alpha value is -2.39. The van der Waals surface area contributed by atoms with Gasteiger partial charge >= 0.3 is 0 Å². The summed E-state index contributed by atoms with van der Waals surface area (Å²) in [4.78, 5) is 25.6. The number of nitrogens with zero attached hydrogens (tertiary/aromatic N) is 2. The van der Waals surface area contributed by atoms with Crippen LogP contribution in [-0.4, -0.2) is 55.5 Å². The van der Waals surface area contributed by atoms with Crippen LogP contribution in [0.15, 0.2) is 24.3 Å². The van der Waals surface area contributed by atoms with Crippen molar-refractivity contribution in [2.45, 2.75) is 51.4 Å². The third-order valence-electron chi connectivity index (χ3n) is 5.79. The first-order valence-electron chi connectivity index (χ1n) is 9.45. The summed E-state index contributed by atoms with van der Waals surface area (Å²) in [6, 6.07) is 1.91. The molecule has 1 aliphatic heterocycles. The van der Waals surface area contributed by atoms with E-state index in [1.165, 1.54) is 13.2 Å². The summed E-state index contributed by atoms with van der Waals surface area (Å²) in [7, 11) is -0.696. The summed E-state index contributed by atoms with van der Waals surface area (Å²) in [5, 5.41) is 21.4. The lowest BCUT2D eigenvalue weighted by atomic mass is 10.1. The average Bonchev–Trinajstić information content (AvgIpc) is 2.99. The van der Waals surface area contributed by atoms with Crippen LogP contribution in [0.1, 0.15) is 37.6 Å². The van der Waals surface area contributed by atoms with Crippen molar-refractivity contribution in [2.75, 3.05) is 20.3 Å². The Labute approximate surface area is 172 Å². The first-order chi connectivity index (χ1) is 13.3. The number of hydrogen-bond acceptors (Lipinski definition) is 6. The quantitative estimate of drug-likeness (QED) is 0.320. The summed E-state index contributed by atoms with van der Waals surface area (Å²) in [5.74, 6) is -0.886. The Bertz CT molecular complexity index is 831. The van der Waals surface area contributed by atoms with Gasteiger partial charge in [0.2, 0.25) is 0 Å². The molecule has 0 unspecified atom stereocenters. The molecular formula is C20H30N2O6Si. The van der Waals surface area contributed by atoms with Gasteiger partial charge in [-0.1, -0.05) is 32.9 Å². The van der Waals surface area contributed by atoms with Crippen molar-refractivity contribution in [2.24, 2.45) is 0 Å². The zero-order chi connectivity index (χ0) is 22.1. The van der Waals surface area contributed by atoms with Crippen LogP contribution in [0.2, 0.25) is 18.1 Å². The van der Waals surface area contributed by atoms with Crippen LogP contribution in [0.25, 0.3) is 0 Å². The number of nitro groups is 1. The molecule has 0 bridgehead atoms. The molecule has 160 valence electrons. The summed E-state index contributed by atoms with van der Waals surface area (Å²) in [6.07, 6.45) is 0.587. The first-order valence-corrected chi connectivity index (χ1v) is 12.4. The van der Waals surface area contributed by atoms with Gasteiger partial charge in [0, 0.05) is 12.6 Å². The highest BCUT2D eigenvalue weighted by Gasteiger charge is 2.40. The predicted molar refractivity (Wildman–Crippen MR) is 113 cm³/mol. The fraction of sp³-hybridized carbons (Fsp3) is 0.550. The van der Waals surface area contributed by atoms with Crippen LogP contribution in [0, 0.1) is 10.1 Å². The fourth-order valence-corrected chi connectivity index (χ4v) is 4.03. The van der Waals surface area contributed by atoms with Gasteiger partial charge in [-0.2, -0.15) is 0 Å². The lowest BCUT2D eigenvalue weighted by molar-refractivity contribution is -0.385. The molecule has 1 atom stereocenters. The standard InChI is InChI=1S/C20H30N2O6Si/c1-13-8-14(12-28-29(6,7)20(2,3)4)21(11-13)19(24)15-9-18(27-5)17(23)10-16(15)22(25)26/h9-10,14,23H,1,8,11-12H2,2-7H3/t14-/m0/s1. The normalized spacial score (nSPS) is 17.5. The minimum absolute atomic E-state index is 0.00560. The highest BCUT2D eigenvalue weighted by molar-refractivity contribution is 6.74. The van der Waals surface area contributed by atoms with Gasteiger partial charge in [-0.25, -0.2) is 0 Å². The Morgan fingerprint density at radius 1 is 1.41 bits per heavy atom. The summed E-state index contributed by atoms with van der Waals surface area (Å²) < 4.78 is 11.3. The largest absolute Gasteiger partial charge is 0.504 e. The topological polar surface area (TPSA) is 102 Å². The van der Waals surface area contributed by atoms with Crippen molar-refractivity contribution < 1.29 is 24.0 Å². The van der Waals surface area contributed by atoms with Crippen molar-refractivity contribution >= 4 is 19.9 Å². The Balaban J connectivity index is 2.33. The Kier molecular flexibility index (Phi) is 6.44. The molecular weight excluding hydrogens is 392 g/mol. The van der Waals surface area contributed by atoms with E-state index in [1.54, 1.807) is 4.90 Å². The number of phenols is 1. The molecule has 1 saturated heterocycles. The summed E-state index contributed by atoms with van der Waals surface area (Å²) in [5.41, 5.74) is 0.280. The number of benzene rings is 1. The molecule has 1 N–H and O–H groups in total. The van der Waals surface area contributed by atoms with E-state index in [4.69, 9.17) is 9.16 Å². The highest BCUT2D eigenvalue weighted by Crippen LogP contribution is 2.38. The zero-order valence-corrected chi connectivity index (χ0v) is 18.9. The molecule has 2 rings (SSSR count). The lowest BCUT2D eigenvalue weighted by Gasteiger charge is -2.38. The van der Waals surface area contributed by atoms with Crippen LogP contribution in [0.5, 0.6) is 11.5 Å². The zero-order valence-electron chi connectivity index (χ0n) is 17.9. The maximum Gasteiger partial charge on any atom is 0.286 e. The van der Waals surface area contributed by atoms with Crippen molar-refractivity contribution in [1.82, 2.24) is 4.90 Å². The second-order valence-electron chi connectivity index (χ2n) is 8.91. The Morgan fingerprint density at radius 3 is 2.55 bits per heavy atom. The van der Waals surface area contributed by atoms with Gasteiger partial charge in [0.15, 0.2) is 19.8 Å². The maximum absolute atomic E-state index is 13.2. The fourth-order valence-electron chi connectivity index (χ4n) is 2.98. The van der Waals surface area contributed by atoms with Gasteiger partial charge in [-0.15, -0.1) is 0 Å². The number of hydrogen-bond donors (Lipinski definition) is 1. The van der Waals surface area contributed by atoms with Crippen molar-refractivity contribution in [3.63, 3.8) is 0 Å². The summed E-state index contributed by atoms with van der Waals surface area (Å²) in [6.45, 7) is 15.4. The van der Waals surface area contributed by atoms with Crippen molar-refractivity contribution in [3.8, 4) is 11.5 Å². The van der Waals surface area contributed by atoms with E-state index in [0.717, 1.165) is 11.6 Å². The molecule has 9 heteroatoms. The molecule has 1 amide bonds. The van der Waals surface area contributed by atoms with Crippen LogP contribution >= 0.6 is 0 Å². The van der Waals surface area contributed by atoms with Gasteiger partial charge in [0.1, 0.15) is 5.56 Å². The van der Waals surface area contributed by atoms with E-state index in [-0.39, 0.29) is 28.1 Å². The molecule has 29 heavy (non-hydrogen) atoms. The monoisotopic (exact) mass is 422 g/mol. The summed E-state index contributed by atoms with van der Waals surface area (Å²) >= 11 is 0.